The van der Waals surface area contributed by atoms with Crippen LogP contribution in [0.1, 0.15) is 194 Å². The zero-order valence-corrected chi connectivity index (χ0v) is 34.9. The molecule has 0 aliphatic carbocycles. The molecule has 0 heterocycles. The molecule has 0 saturated carbocycles. The molecule has 0 aliphatic rings. The van der Waals surface area contributed by atoms with Gasteiger partial charge in [-0.05, 0) is 44.9 Å². The van der Waals surface area contributed by atoms with Crippen molar-refractivity contribution in [3.8, 4) is 0 Å². The number of nitrogens with one attached hydrogen (secondary N) is 1. The number of hydrogen-bond acceptors (Lipinski definition) is 8. The third-order valence-corrected chi connectivity index (χ3v) is 10.2. The molecule has 0 rings (SSSR count). The van der Waals surface area contributed by atoms with Gasteiger partial charge in [-0.25, -0.2) is 9.36 Å². The highest BCUT2D eigenvalue weighted by Gasteiger charge is 2.28. The molecule has 0 radical (unpaired) electrons. The number of unbranched alkanes of at least 4 members (excludes halogenated alkanes) is 22. The Balaban J connectivity index is 3.92. The normalized spacial score (nSPS) is 14.0. The molecular formula is C42H78NO10P. The Morgan fingerprint density at radius 1 is 0.593 bits per heavy atom. The minimum absolute atomic E-state index is 0.131. The molecule has 0 aliphatic heterocycles. The van der Waals surface area contributed by atoms with Crippen molar-refractivity contribution < 1.29 is 47.8 Å². The molecule has 3 atom stereocenters. The Bertz CT molecular complexity index is 1020. The summed E-state index contributed by atoms with van der Waals surface area (Å²) < 4.78 is 26.8. The van der Waals surface area contributed by atoms with E-state index in [0.717, 1.165) is 64.2 Å². The van der Waals surface area contributed by atoms with Crippen LogP contribution in [0.15, 0.2) is 24.3 Å². The van der Waals surface area contributed by atoms with Gasteiger partial charge in [0.1, 0.15) is 12.7 Å². The summed E-state index contributed by atoms with van der Waals surface area (Å²) in [5.74, 6) is -2.39. The highest BCUT2D eigenvalue weighted by molar-refractivity contribution is 7.47. The predicted molar refractivity (Wildman–Crippen MR) is 217 cm³/mol. The van der Waals surface area contributed by atoms with E-state index in [1.807, 2.05) is 0 Å². The average molecular weight is 788 g/mol. The molecule has 12 heteroatoms. The fourth-order valence-corrected chi connectivity index (χ4v) is 6.65. The lowest BCUT2D eigenvalue weighted by Gasteiger charge is -2.18. The number of hydrogen-bond donors (Lipinski definition) is 4. The molecule has 0 spiro atoms. The number of carboxylic acid groups (broad SMARTS) is 1. The maximum atomic E-state index is 12.3. The molecular weight excluding hydrogens is 709 g/mol. The number of allylic oxidation sites excluding steroid dienone is 4. The van der Waals surface area contributed by atoms with Crippen molar-refractivity contribution >= 4 is 25.7 Å². The monoisotopic (exact) mass is 788 g/mol. The Morgan fingerprint density at radius 2 is 1.02 bits per heavy atom. The number of phosphoric ester groups is 1. The van der Waals surface area contributed by atoms with Gasteiger partial charge in [0.2, 0.25) is 5.91 Å². The number of aliphatic hydroxyl groups is 1. The summed E-state index contributed by atoms with van der Waals surface area (Å²) in [5.41, 5.74) is 0. The van der Waals surface area contributed by atoms with Crippen LogP contribution in [-0.2, 0) is 32.7 Å². The first kappa shape index (κ1) is 52.0. The van der Waals surface area contributed by atoms with Gasteiger partial charge in [-0.3, -0.25) is 18.6 Å². The number of carboxylic acids is 1. The van der Waals surface area contributed by atoms with Crippen LogP contribution in [0.3, 0.4) is 0 Å². The first-order chi connectivity index (χ1) is 26.1. The first-order valence-corrected chi connectivity index (χ1v) is 22.9. The molecule has 11 nitrogen and oxygen atoms in total. The highest BCUT2D eigenvalue weighted by atomic mass is 31.2. The Hall–Kier alpha value is -2.04. The second-order valence-electron chi connectivity index (χ2n) is 14.5. The quantitative estimate of drug-likeness (QED) is 0.0203. The first-order valence-electron chi connectivity index (χ1n) is 21.4. The van der Waals surface area contributed by atoms with Crippen LogP contribution in [0, 0.1) is 0 Å². The van der Waals surface area contributed by atoms with Crippen molar-refractivity contribution in [2.45, 2.75) is 206 Å². The van der Waals surface area contributed by atoms with Crippen LogP contribution < -0.4 is 5.32 Å². The van der Waals surface area contributed by atoms with E-state index in [1.54, 1.807) is 0 Å². The number of aliphatic hydroxyl groups excluding tert-OH is 1. The predicted octanol–water partition coefficient (Wildman–Crippen LogP) is 10.7. The summed E-state index contributed by atoms with van der Waals surface area (Å²) in [7, 11) is -4.75. The standard InChI is InChI=1S/C42H78NO10P/c1-3-5-7-9-11-13-15-17-19-21-23-25-27-29-31-33-40(45)43-39(42(47)48)37-53-54(49,50)52-36-38(44)35-51-41(46)34-32-30-28-26-24-22-20-18-16-14-12-10-8-6-4-2/h11,13,17,19,38-39,44H,3-10,12,14-16,18,20-37H2,1-2H3,(H,43,45)(H,47,48)(H,49,50)/b13-11-,19-17-. The number of aliphatic carboxylic acids is 1. The van der Waals surface area contributed by atoms with Gasteiger partial charge in [0.25, 0.3) is 0 Å². The van der Waals surface area contributed by atoms with Gasteiger partial charge in [-0.1, -0.05) is 160 Å². The maximum Gasteiger partial charge on any atom is 0.472 e. The van der Waals surface area contributed by atoms with E-state index in [-0.39, 0.29) is 12.8 Å². The molecule has 54 heavy (non-hydrogen) atoms. The maximum absolute atomic E-state index is 12.3. The SMILES string of the molecule is CCCCC/C=C\C/C=C\CCCCCCCC(=O)NC(COP(=O)(O)OCC(O)COC(=O)CCCCCCCCCCCCCCCCC)C(=O)O. The van der Waals surface area contributed by atoms with E-state index in [0.29, 0.717) is 12.8 Å². The van der Waals surface area contributed by atoms with Crippen molar-refractivity contribution in [1.29, 1.82) is 0 Å². The molecule has 0 saturated heterocycles. The number of phosphoric acid groups is 1. The van der Waals surface area contributed by atoms with Crippen molar-refractivity contribution in [3.63, 3.8) is 0 Å². The minimum Gasteiger partial charge on any atom is -0.480 e. The lowest BCUT2D eigenvalue weighted by atomic mass is 10.0. The Kier molecular flexibility index (Phi) is 36.4. The van der Waals surface area contributed by atoms with Crippen LogP contribution in [0.4, 0.5) is 0 Å². The second kappa shape index (κ2) is 37.9. The van der Waals surface area contributed by atoms with Gasteiger partial charge in [0.05, 0.1) is 13.2 Å². The molecule has 0 aromatic carbocycles. The summed E-state index contributed by atoms with van der Waals surface area (Å²) in [5, 5.41) is 21.8. The van der Waals surface area contributed by atoms with Crippen molar-refractivity contribution in [2.24, 2.45) is 0 Å². The van der Waals surface area contributed by atoms with Gasteiger partial charge in [-0.15, -0.1) is 0 Å². The minimum atomic E-state index is -4.75. The smallest absolute Gasteiger partial charge is 0.472 e. The van der Waals surface area contributed by atoms with Gasteiger partial charge in [0, 0.05) is 12.8 Å². The van der Waals surface area contributed by atoms with E-state index in [4.69, 9.17) is 13.8 Å². The van der Waals surface area contributed by atoms with Crippen LogP contribution >= 0.6 is 7.82 Å². The van der Waals surface area contributed by atoms with Crippen LogP contribution in [0.25, 0.3) is 0 Å². The van der Waals surface area contributed by atoms with Crippen molar-refractivity contribution in [3.05, 3.63) is 24.3 Å². The number of carbonyl (C=O) groups excluding carboxylic acids is 2. The molecule has 316 valence electrons. The molecule has 3 unspecified atom stereocenters. The van der Waals surface area contributed by atoms with Gasteiger partial charge < -0.3 is 25.2 Å². The van der Waals surface area contributed by atoms with E-state index in [9.17, 15) is 34.1 Å². The third-order valence-electron chi connectivity index (χ3n) is 9.24. The topological polar surface area (TPSA) is 169 Å². The molecule has 0 aromatic rings. The van der Waals surface area contributed by atoms with E-state index >= 15 is 0 Å². The second-order valence-corrected chi connectivity index (χ2v) is 16.0. The van der Waals surface area contributed by atoms with Crippen LogP contribution in [0.5, 0.6) is 0 Å². The largest absolute Gasteiger partial charge is 0.480 e. The number of esters is 1. The average Bonchev–Trinajstić information content (AvgIpc) is 3.14. The summed E-state index contributed by atoms with van der Waals surface area (Å²) in [6, 6.07) is -1.55. The van der Waals surface area contributed by atoms with Gasteiger partial charge in [0.15, 0.2) is 6.04 Å². The molecule has 0 fully saturated rings. The molecule has 1 amide bonds. The Morgan fingerprint density at radius 3 is 1.54 bits per heavy atom. The summed E-state index contributed by atoms with van der Waals surface area (Å²) in [4.78, 5) is 45.8. The fourth-order valence-electron chi connectivity index (χ4n) is 5.87. The summed E-state index contributed by atoms with van der Waals surface area (Å²) in [6.07, 6.45) is 37.7. The van der Waals surface area contributed by atoms with Crippen molar-refractivity contribution in [2.75, 3.05) is 19.8 Å². The summed E-state index contributed by atoms with van der Waals surface area (Å²) in [6.45, 7) is 2.56. The highest BCUT2D eigenvalue weighted by Crippen LogP contribution is 2.43. The molecule has 4 N–H and O–H groups in total. The third kappa shape index (κ3) is 36.9. The zero-order chi connectivity index (χ0) is 40.0. The lowest BCUT2D eigenvalue weighted by Crippen LogP contribution is -2.43. The Labute approximate surface area is 328 Å². The molecule has 0 bridgehead atoms. The summed E-state index contributed by atoms with van der Waals surface area (Å²) >= 11 is 0. The van der Waals surface area contributed by atoms with Crippen LogP contribution in [-0.4, -0.2) is 64.9 Å². The van der Waals surface area contributed by atoms with E-state index < -0.39 is 57.6 Å². The number of ether oxygens (including phenoxy) is 1. The lowest BCUT2D eigenvalue weighted by molar-refractivity contribution is -0.147. The van der Waals surface area contributed by atoms with Gasteiger partial charge in [-0.2, -0.15) is 0 Å². The number of rotatable bonds is 40. The van der Waals surface area contributed by atoms with E-state index in [2.05, 4.69) is 43.5 Å². The van der Waals surface area contributed by atoms with Crippen LogP contribution in [0.2, 0.25) is 0 Å². The fraction of sp³-hybridized carbons (Fsp3) is 0.833. The van der Waals surface area contributed by atoms with Gasteiger partial charge >= 0.3 is 19.8 Å². The number of amides is 1. The zero-order valence-electron chi connectivity index (χ0n) is 34.0. The van der Waals surface area contributed by atoms with E-state index in [1.165, 1.54) is 89.9 Å². The molecule has 0 aromatic heterocycles. The number of carbonyl (C=O) groups is 3. The van der Waals surface area contributed by atoms with Crippen molar-refractivity contribution in [1.82, 2.24) is 5.32 Å².